The second kappa shape index (κ2) is 7.84. The fraction of sp³-hybridized carbons (Fsp3) is 0.235. The number of carbonyl (C=O) groups excluding carboxylic acids is 1. The average Bonchev–Trinajstić information content (AvgIpc) is 2.54. The van der Waals surface area contributed by atoms with Crippen LogP contribution in [0.3, 0.4) is 0 Å². The molecule has 0 saturated carbocycles. The summed E-state index contributed by atoms with van der Waals surface area (Å²) in [6.07, 6.45) is 0.514. The molecule has 0 heterocycles. The molecule has 0 fully saturated rings. The largest absolute Gasteiger partial charge is 0.453 e. The van der Waals surface area contributed by atoms with Crippen LogP contribution in [0.1, 0.15) is 13.8 Å². The highest BCUT2D eigenvalue weighted by Crippen LogP contribution is 2.53. The number of para-hydroxylation sites is 2. The number of benzene rings is 2. The van der Waals surface area contributed by atoms with Crippen LogP contribution in [0.4, 0.5) is 0 Å². The molecule has 1 amide bonds. The Kier molecular flexibility index (Phi) is 5.83. The Balaban J connectivity index is 2.36. The minimum absolute atomic E-state index is 0.140. The van der Waals surface area contributed by atoms with E-state index in [1.165, 1.54) is 0 Å². The van der Waals surface area contributed by atoms with Crippen molar-refractivity contribution in [2.24, 2.45) is 5.92 Å². The van der Waals surface area contributed by atoms with E-state index in [1.54, 1.807) is 48.5 Å². The lowest BCUT2D eigenvalue weighted by Crippen LogP contribution is -2.35. The number of hydrogen-bond acceptors (Lipinski definition) is 4. The van der Waals surface area contributed by atoms with Crippen LogP contribution in [0.25, 0.3) is 0 Å². The van der Waals surface area contributed by atoms with Gasteiger partial charge >= 0.3 is 7.60 Å². The van der Waals surface area contributed by atoms with Gasteiger partial charge in [-0.3, -0.25) is 4.79 Å². The van der Waals surface area contributed by atoms with Crippen LogP contribution in [0.15, 0.2) is 60.7 Å². The van der Waals surface area contributed by atoms with E-state index in [0.717, 1.165) is 0 Å². The normalized spacial score (nSPS) is 12.5. The van der Waals surface area contributed by atoms with Crippen LogP contribution in [0.2, 0.25) is 0 Å². The van der Waals surface area contributed by atoms with E-state index in [4.69, 9.17) is 9.05 Å². The molecule has 0 radical (unpaired) electrons. The summed E-state index contributed by atoms with van der Waals surface area (Å²) in [6.45, 7) is 3.69. The van der Waals surface area contributed by atoms with Crippen molar-refractivity contribution in [2.75, 3.05) is 0 Å². The van der Waals surface area contributed by atoms with Crippen molar-refractivity contribution in [3.8, 4) is 11.5 Å². The zero-order chi connectivity index (χ0) is 16.7. The first-order valence-corrected chi connectivity index (χ1v) is 8.95. The van der Waals surface area contributed by atoms with Crippen molar-refractivity contribution in [3.63, 3.8) is 0 Å². The third kappa shape index (κ3) is 4.60. The summed E-state index contributed by atoms with van der Waals surface area (Å²) in [5.41, 5.74) is 0. The monoisotopic (exact) mass is 333 g/mol. The topological polar surface area (TPSA) is 64.6 Å². The fourth-order valence-electron chi connectivity index (χ4n) is 2.11. The summed E-state index contributed by atoms with van der Waals surface area (Å²) in [5.74, 6) is -0.0610. The Labute approximate surface area is 136 Å². The van der Waals surface area contributed by atoms with Gasteiger partial charge in [-0.1, -0.05) is 50.2 Å². The van der Waals surface area contributed by atoms with E-state index in [2.05, 4.69) is 5.32 Å². The van der Waals surface area contributed by atoms with Crippen molar-refractivity contribution >= 4 is 14.0 Å². The quantitative estimate of drug-likeness (QED) is 0.584. The summed E-state index contributed by atoms with van der Waals surface area (Å²) in [5, 5.41) is 2.57. The van der Waals surface area contributed by atoms with E-state index < -0.39 is 13.4 Å². The van der Waals surface area contributed by atoms with Gasteiger partial charge in [0.1, 0.15) is 11.5 Å². The lowest BCUT2D eigenvalue weighted by molar-refractivity contribution is -0.110. The molecule has 0 aliphatic rings. The van der Waals surface area contributed by atoms with Gasteiger partial charge in [0.25, 0.3) is 0 Å². The molecule has 1 unspecified atom stereocenters. The number of rotatable bonds is 8. The third-order valence-corrected chi connectivity index (χ3v) is 5.52. The first-order chi connectivity index (χ1) is 11.0. The van der Waals surface area contributed by atoms with E-state index in [0.29, 0.717) is 17.9 Å². The predicted molar refractivity (Wildman–Crippen MR) is 89.6 cm³/mol. The lowest BCUT2D eigenvalue weighted by atomic mass is 10.2. The molecule has 0 aliphatic carbocycles. The molecule has 122 valence electrons. The molecule has 0 spiro atoms. The minimum atomic E-state index is -3.69. The van der Waals surface area contributed by atoms with E-state index in [-0.39, 0.29) is 5.92 Å². The summed E-state index contributed by atoms with van der Waals surface area (Å²) in [7, 11) is -3.69. The van der Waals surface area contributed by atoms with Gasteiger partial charge in [0.15, 0.2) is 5.78 Å². The maximum atomic E-state index is 13.4. The Hall–Kier alpha value is -2.26. The van der Waals surface area contributed by atoms with Crippen molar-refractivity contribution in [2.45, 2.75) is 19.6 Å². The van der Waals surface area contributed by atoms with E-state index in [1.807, 2.05) is 26.0 Å². The highest BCUT2D eigenvalue weighted by Gasteiger charge is 2.41. The molecular formula is C17H20NO4P. The van der Waals surface area contributed by atoms with Gasteiger partial charge in [-0.15, -0.1) is 0 Å². The second-order valence-corrected chi connectivity index (χ2v) is 7.32. The molecule has 2 aromatic carbocycles. The fourth-order valence-corrected chi connectivity index (χ4v) is 4.18. The zero-order valence-electron chi connectivity index (χ0n) is 13.1. The molecule has 0 aliphatic heterocycles. The van der Waals surface area contributed by atoms with Crippen molar-refractivity contribution in [1.29, 1.82) is 0 Å². The molecular weight excluding hydrogens is 313 g/mol. The van der Waals surface area contributed by atoms with Gasteiger partial charge in [-0.2, -0.15) is 0 Å². The molecule has 6 heteroatoms. The summed E-state index contributed by atoms with van der Waals surface area (Å²) < 4.78 is 24.8. The Bertz CT molecular complexity index is 615. The highest BCUT2D eigenvalue weighted by atomic mass is 31.2. The lowest BCUT2D eigenvalue weighted by Gasteiger charge is -2.29. The zero-order valence-corrected chi connectivity index (χ0v) is 14.0. The van der Waals surface area contributed by atoms with Crippen LogP contribution in [0.5, 0.6) is 11.5 Å². The van der Waals surface area contributed by atoms with Crippen molar-refractivity contribution < 1.29 is 18.4 Å². The smallest absolute Gasteiger partial charge is 0.415 e. The summed E-state index contributed by atoms with van der Waals surface area (Å²) >= 11 is 0. The number of carbonyl (C=O) groups is 1. The van der Waals surface area contributed by atoms with E-state index >= 15 is 0 Å². The Morgan fingerprint density at radius 3 is 1.70 bits per heavy atom. The molecule has 2 aromatic rings. The van der Waals surface area contributed by atoms with Crippen LogP contribution in [-0.4, -0.2) is 12.2 Å². The Morgan fingerprint density at radius 1 is 0.913 bits per heavy atom. The second-order valence-electron chi connectivity index (χ2n) is 5.32. The predicted octanol–water partition coefficient (Wildman–Crippen LogP) is 4.07. The van der Waals surface area contributed by atoms with Crippen molar-refractivity contribution in [3.05, 3.63) is 60.7 Å². The van der Waals surface area contributed by atoms with Crippen molar-refractivity contribution in [1.82, 2.24) is 5.32 Å². The first kappa shape index (κ1) is 17.1. The average molecular weight is 333 g/mol. The molecule has 1 atom stereocenters. The van der Waals surface area contributed by atoms with Gasteiger partial charge in [0.05, 0.1) is 0 Å². The third-order valence-electron chi connectivity index (χ3n) is 3.16. The maximum absolute atomic E-state index is 13.4. The number of amides is 1. The summed E-state index contributed by atoms with van der Waals surface area (Å²) in [4.78, 5) is 10.9. The van der Waals surface area contributed by atoms with E-state index in [9.17, 15) is 9.36 Å². The van der Waals surface area contributed by atoms with Gasteiger partial charge in [-0.05, 0) is 30.2 Å². The minimum Gasteiger partial charge on any atom is -0.415 e. The summed E-state index contributed by atoms with van der Waals surface area (Å²) in [6, 6.07) is 17.6. The van der Waals surface area contributed by atoms with Crippen LogP contribution in [0, 0.1) is 5.92 Å². The maximum Gasteiger partial charge on any atom is 0.453 e. The molecule has 5 nitrogen and oxygen atoms in total. The van der Waals surface area contributed by atoms with Crippen LogP contribution >= 0.6 is 7.60 Å². The SMILES string of the molecule is CC(C)C(NC=O)P(=O)(Oc1ccccc1)Oc1ccccc1. The number of hydrogen-bond donors (Lipinski definition) is 1. The molecule has 2 rings (SSSR count). The van der Waals surface area contributed by atoms with Gasteiger partial charge in [-0.25, -0.2) is 4.57 Å². The number of nitrogens with one attached hydrogen (secondary N) is 1. The van der Waals surface area contributed by atoms with Gasteiger partial charge in [0, 0.05) is 0 Å². The molecule has 0 aromatic heterocycles. The van der Waals surface area contributed by atoms with Gasteiger partial charge < -0.3 is 14.4 Å². The van der Waals surface area contributed by atoms with Crippen LogP contribution in [-0.2, 0) is 9.36 Å². The molecule has 23 heavy (non-hydrogen) atoms. The molecule has 1 N–H and O–H groups in total. The molecule has 0 saturated heterocycles. The van der Waals surface area contributed by atoms with Crippen LogP contribution < -0.4 is 14.4 Å². The standard InChI is InChI=1S/C17H20NO4P/c1-14(2)17(18-13-19)23(20,21-15-9-5-3-6-10-15)22-16-11-7-4-8-12-16/h3-14,17H,1-2H3,(H,18,19). The van der Waals surface area contributed by atoms with Gasteiger partial charge in [0.2, 0.25) is 6.41 Å². The highest BCUT2D eigenvalue weighted by molar-refractivity contribution is 7.55. The molecule has 0 bridgehead atoms. The first-order valence-electron chi connectivity index (χ1n) is 7.34. The Morgan fingerprint density at radius 2 is 1.35 bits per heavy atom.